The number of hydrogen-bond donors (Lipinski definition) is 1. The number of nitrogens with zero attached hydrogens (tertiary/aromatic N) is 2. The molecule has 0 radical (unpaired) electrons. The smallest absolute Gasteiger partial charge is 0.170 e. The second-order valence-corrected chi connectivity index (χ2v) is 12.5. The summed E-state index contributed by atoms with van der Waals surface area (Å²) in [6.07, 6.45) is -0.526. The van der Waals surface area contributed by atoms with Gasteiger partial charge in [-0.3, -0.25) is 0 Å². The van der Waals surface area contributed by atoms with Crippen molar-refractivity contribution in [2.24, 2.45) is 9.98 Å². The van der Waals surface area contributed by atoms with E-state index in [0.717, 1.165) is 88.9 Å². The van der Waals surface area contributed by atoms with Crippen LogP contribution in [0.3, 0.4) is 0 Å². The molecule has 2 aromatic heterocycles. The Morgan fingerprint density at radius 1 is 0.400 bits per heavy atom. The summed E-state index contributed by atoms with van der Waals surface area (Å²) < 4.78 is 12.9. The Hall–Kier alpha value is -6.72. The average molecular weight is 644 g/mol. The highest BCUT2D eigenvalue weighted by Gasteiger charge is 2.26. The maximum Gasteiger partial charge on any atom is 0.170 e. The third kappa shape index (κ3) is 4.63. The van der Waals surface area contributed by atoms with E-state index >= 15 is 0 Å². The van der Waals surface area contributed by atoms with Gasteiger partial charge in [-0.25, -0.2) is 9.98 Å². The number of para-hydroxylation sites is 2. The zero-order chi connectivity index (χ0) is 33.0. The highest BCUT2D eigenvalue weighted by molar-refractivity contribution is 6.25. The van der Waals surface area contributed by atoms with Crippen LogP contribution in [0.4, 0.5) is 0 Å². The van der Waals surface area contributed by atoms with E-state index in [-0.39, 0.29) is 0 Å². The van der Waals surface area contributed by atoms with Crippen LogP contribution in [0.15, 0.2) is 183 Å². The summed E-state index contributed by atoms with van der Waals surface area (Å²) >= 11 is 0. The van der Waals surface area contributed by atoms with Crippen molar-refractivity contribution in [1.29, 1.82) is 0 Å². The highest BCUT2D eigenvalue weighted by atomic mass is 16.3. The minimum Gasteiger partial charge on any atom is -0.456 e. The Balaban J connectivity index is 1.19. The molecule has 5 nitrogen and oxygen atoms in total. The van der Waals surface area contributed by atoms with E-state index in [0.29, 0.717) is 0 Å². The Bertz CT molecular complexity index is 2770. The second-order valence-electron chi connectivity index (χ2n) is 12.5. The summed E-state index contributed by atoms with van der Waals surface area (Å²) in [4.78, 5) is 10.7. The Morgan fingerprint density at radius 3 is 1.72 bits per heavy atom. The molecule has 1 aliphatic rings. The van der Waals surface area contributed by atoms with Crippen molar-refractivity contribution < 1.29 is 8.83 Å². The molecule has 0 bridgehead atoms. The molecule has 0 fully saturated rings. The number of hydrogen-bond acceptors (Lipinski definition) is 5. The van der Waals surface area contributed by atoms with Crippen molar-refractivity contribution in [2.75, 3.05) is 0 Å². The van der Waals surface area contributed by atoms with Crippen LogP contribution in [0.1, 0.15) is 22.9 Å². The lowest BCUT2D eigenvalue weighted by molar-refractivity contribution is 0.667. The van der Waals surface area contributed by atoms with Gasteiger partial charge >= 0.3 is 0 Å². The fourth-order valence-corrected chi connectivity index (χ4v) is 7.21. The first-order valence-corrected chi connectivity index (χ1v) is 16.8. The molecule has 0 saturated heterocycles. The van der Waals surface area contributed by atoms with E-state index < -0.39 is 6.17 Å². The predicted octanol–water partition coefficient (Wildman–Crippen LogP) is 11.3. The van der Waals surface area contributed by atoms with Crippen molar-refractivity contribution in [3.05, 3.63) is 180 Å². The van der Waals surface area contributed by atoms with Crippen LogP contribution in [-0.2, 0) is 0 Å². The van der Waals surface area contributed by atoms with Gasteiger partial charge in [0.15, 0.2) is 6.17 Å². The van der Waals surface area contributed by atoms with Crippen LogP contribution in [-0.4, -0.2) is 11.7 Å². The van der Waals surface area contributed by atoms with Gasteiger partial charge in [-0.05, 0) is 47.0 Å². The van der Waals surface area contributed by atoms with E-state index in [1.807, 2.05) is 54.6 Å². The molecule has 0 saturated carbocycles. The quantitative estimate of drug-likeness (QED) is 0.203. The Morgan fingerprint density at radius 2 is 0.960 bits per heavy atom. The fourth-order valence-electron chi connectivity index (χ4n) is 7.21. The number of fused-ring (bicyclic) bond motifs is 6. The van der Waals surface area contributed by atoms with E-state index in [9.17, 15) is 0 Å². The largest absolute Gasteiger partial charge is 0.456 e. The van der Waals surface area contributed by atoms with E-state index in [1.54, 1.807) is 0 Å². The predicted molar refractivity (Wildman–Crippen MR) is 204 cm³/mol. The van der Waals surface area contributed by atoms with Crippen LogP contribution < -0.4 is 5.32 Å². The molecule has 0 amide bonds. The molecular formula is C45H29N3O2. The number of aliphatic imine (C=N–C) groups is 2. The van der Waals surface area contributed by atoms with Crippen molar-refractivity contribution in [3.8, 4) is 22.3 Å². The number of amidine groups is 2. The molecule has 1 atom stereocenters. The summed E-state index contributed by atoms with van der Waals surface area (Å²) in [6.45, 7) is 0. The molecule has 0 spiro atoms. The van der Waals surface area contributed by atoms with Gasteiger partial charge in [-0.2, -0.15) is 0 Å². The maximum atomic E-state index is 6.62. The lowest BCUT2D eigenvalue weighted by Crippen LogP contribution is -2.36. The lowest BCUT2D eigenvalue weighted by atomic mass is 9.97. The van der Waals surface area contributed by atoms with Crippen LogP contribution >= 0.6 is 0 Å². The highest BCUT2D eigenvalue weighted by Crippen LogP contribution is 2.40. The van der Waals surface area contributed by atoms with Crippen molar-refractivity contribution >= 4 is 55.5 Å². The van der Waals surface area contributed by atoms with Gasteiger partial charge in [0, 0.05) is 43.8 Å². The zero-order valence-corrected chi connectivity index (χ0v) is 26.9. The summed E-state index contributed by atoms with van der Waals surface area (Å²) in [5, 5.41) is 7.79. The molecule has 7 aromatic carbocycles. The standard InChI is InChI=1S/C45H29N3O2/c1-3-12-28(13-4-1)29-22-24-31(25-23-29)43-46-44(35-18-11-21-39-40(35)33-16-7-9-19-37(33)49-39)48-45(47-43)36-27-26-32(30-14-5-2-6-15-30)42-41(36)34-17-8-10-20-38(34)50-42/h1-27,44H,(H,46,47,48). The number of nitrogens with one attached hydrogen (secondary N) is 1. The normalized spacial score (nSPS) is 14.6. The zero-order valence-electron chi connectivity index (χ0n) is 26.9. The molecule has 1 N–H and O–H groups in total. The lowest BCUT2D eigenvalue weighted by Gasteiger charge is -2.23. The molecule has 50 heavy (non-hydrogen) atoms. The van der Waals surface area contributed by atoms with Crippen LogP contribution in [0.25, 0.3) is 66.1 Å². The molecule has 9 aromatic rings. The molecule has 10 rings (SSSR count). The maximum absolute atomic E-state index is 6.62. The number of furan rings is 2. The third-order valence-electron chi connectivity index (χ3n) is 9.58. The molecule has 1 unspecified atom stereocenters. The first kappa shape index (κ1) is 28.3. The van der Waals surface area contributed by atoms with E-state index in [2.05, 4.69) is 115 Å². The Kier molecular flexibility index (Phi) is 6.49. The second kappa shape index (κ2) is 11.5. The number of rotatable bonds is 5. The molecule has 1 aliphatic heterocycles. The molecule has 5 heteroatoms. The molecule has 0 aliphatic carbocycles. The van der Waals surface area contributed by atoms with Gasteiger partial charge in [-0.15, -0.1) is 0 Å². The minimum atomic E-state index is -0.526. The fraction of sp³-hybridized carbons (Fsp3) is 0.0222. The average Bonchev–Trinajstić information content (AvgIpc) is 3.77. The topological polar surface area (TPSA) is 63.0 Å². The molecule has 3 heterocycles. The third-order valence-corrected chi connectivity index (χ3v) is 9.58. The van der Waals surface area contributed by atoms with E-state index in [4.69, 9.17) is 18.8 Å². The van der Waals surface area contributed by atoms with Gasteiger partial charge in [-0.1, -0.05) is 133 Å². The Labute approximate surface area is 287 Å². The minimum absolute atomic E-state index is 0.526. The van der Waals surface area contributed by atoms with Crippen molar-refractivity contribution in [3.63, 3.8) is 0 Å². The monoisotopic (exact) mass is 643 g/mol. The van der Waals surface area contributed by atoms with Crippen LogP contribution in [0, 0.1) is 0 Å². The van der Waals surface area contributed by atoms with Gasteiger partial charge in [0.05, 0.1) is 0 Å². The van der Waals surface area contributed by atoms with Gasteiger partial charge in [0.2, 0.25) is 0 Å². The molecule has 236 valence electrons. The van der Waals surface area contributed by atoms with Crippen molar-refractivity contribution in [1.82, 2.24) is 5.32 Å². The van der Waals surface area contributed by atoms with Gasteiger partial charge in [0.25, 0.3) is 0 Å². The van der Waals surface area contributed by atoms with E-state index in [1.165, 1.54) is 5.56 Å². The number of benzene rings is 7. The first-order chi connectivity index (χ1) is 24.8. The van der Waals surface area contributed by atoms with Crippen LogP contribution in [0.5, 0.6) is 0 Å². The van der Waals surface area contributed by atoms with Crippen LogP contribution in [0.2, 0.25) is 0 Å². The van der Waals surface area contributed by atoms with Crippen molar-refractivity contribution in [2.45, 2.75) is 6.17 Å². The summed E-state index contributed by atoms with van der Waals surface area (Å²) in [5.41, 5.74) is 10.7. The summed E-state index contributed by atoms with van der Waals surface area (Å²) in [5.74, 6) is 1.48. The molecular weight excluding hydrogens is 615 g/mol. The van der Waals surface area contributed by atoms with Gasteiger partial charge < -0.3 is 14.2 Å². The van der Waals surface area contributed by atoms with Gasteiger partial charge in [0.1, 0.15) is 34.0 Å². The first-order valence-electron chi connectivity index (χ1n) is 16.8. The summed E-state index contributed by atoms with van der Waals surface area (Å²) in [7, 11) is 0. The SMILES string of the molecule is c1ccc(-c2ccc(C3=NC(c4cccc5oc6ccccc6c45)N=C(c4ccc(-c5ccccc5)c5oc6ccccc6c45)N3)cc2)cc1. The summed E-state index contributed by atoms with van der Waals surface area (Å²) in [6, 6.07) is 56.2.